The zero-order chi connectivity index (χ0) is 15.9. The number of nitriles is 1. The van der Waals surface area contributed by atoms with Gasteiger partial charge in [-0.25, -0.2) is 0 Å². The summed E-state index contributed by atoms with van der Waals surface area (Å²) < 4.78 is 0. The number of nitrogens with zero attached hydrogens (tertiary/aromatic N) is 1. The molecule has 110 valence electrons. The van der Waals surface area contributed by atoms with Gasteiger partial charge >= 0.3 is 0 Å². The molecule has 0 aliphatic carbocycles. The van der Waals surface area contributed by atoms with Crippen molar-refractivity contribution in [2.24, 2.45) is 0 Å². The fraction of sp³-hybridized carbons (Fsp3) is 0.0588. The molecule has 0 bridgehead atoms. The second kappa shape index (κ2) is 7.30. The Morgan fingerprint density at radius 1 is 1.27 bits per heavy atom. The van der Waals surface area contributed by atoms with Crippen molar-refractivity contribution < 1.29 is 9.90 Å². The van der Waals surface area contributed by atoms with E-state index in [0.29, 0.717) is 10.6 Å². The summed E-state index contributed by atoms with van der Waals surface area (Å²) in [5.41, 5.74) is 1.30. The fourth-order valence-corrected chi connectivity index (χ4v) is 2.04. The van der Waals surface area contributed by atoms with Gasteiger partial charge in [0.15, 0.2) is 0 Å². The van der Waals surface area contributed by atoms with Gasteiger partial charge in [-0.05, 0) is 35.4 Å². The van der Waals surface area contributed by atoms with Crippen molar-refractivity contribution in [2.45, 2.75) is 6.54 Å². The Morgan fingerprint density at radius 2 is 2.05 bits per heavy atom. The highest BCUT2D eigenvalue weighted by atomic mass is 35.5. The van der Waals surface area contributed by atoms with Crippen molar-refractivity contribution in [3.05, 3.63) is 70.3 Å². The zero-order valence-electron chi connectivity index (χ0n) is 11.6. The van der Waals surface area contributed by atoms with Crippen molar-refractivity contribution in [3.63, 3.8) is 0 Å². The molecule has 0 atom stereocenters. The molecule has 0 aliphatic heterocycles. The van der Waals surface area contributed by atoms with E-state index in [2.05, 4.69) is 5.32 Å². The molecule has 0 aliphatic rings. The summed E-state index contributed by atoms with van der Waals surface area (Å²) in [4.78, 5) is 12.0. The molecule has 0 spiro atoms. The highest BCUT2D eigenvalue weighted by molar-refractivity contribution is 6.31. The largest absolute Gasteiger partial charge is 0.508 e. The van der Waals surface area contributed by atoms with E-state index in [9.17, 15) is 9.90 Å². The standard InChI is InChI=1S/C17H13ClN2O2/c18-16-7-2-1-5-13(16)11-20-17(22)14(10-19)8-12-4-3-6-15(21)9-12/h1-9,21H,11H2,(H,20,22)/b14-8+. The maximum Gasteiger partial charge on any atom is 0.262 e. The maximum atomic E-state index is 12.0. The summed E-state index contributed by atoms with van der Waals surface area (Å²) in [6.07, 6.45) is 1.42. The average Bonchev–Trinajstić information content (AvgIpc) is 2.51. The third-order valence-electron chi connectivity index (χ3n) is 2.94. The number of benzene rings is 2. The third kappa shape index (κ3) is 4.11. The molecule has 22 heavy (non-hydrogen) atoms. The first-order valence-corrected chi connectivity index (χ1v) is 6.90. The molecule has 2 aromatic rings. The van der Waals surface area contributed by atoms with Crippen LogP contribution in [0, 0.1) is 11.3 Å². The summed E-state index contributed by atoms with van der Waals surface area (Å²) in [7, 11) is 0. The first-order chi connectivity index (χ1) is 10.6. The average molecular weight is 313 g/mol. The van der Waals surface area contributed by atoms with Crippen LogP contribution in [0.2, 0.25) is 5.02 Å². The SMILES string of the molecule is N#C/C(=C\c1cccc(O)c1)C(=O)NCc1ccccc1Cl. The lowest BCUT2D eigenvalue weighted by Crippen LogP contribution is -2.24. The van der Waals surface area contributed by atoms with E-state index in [1.54, 1.807) is 30.3 Å². The predicted octanol–water partition coefficient (Wildman–Crippen LogP) is 3.27. The van der Waals surface area contributed by atoms with Gasteiger partial charge in [0.2, 0.25) is 0 Å². The molecule has 2 aromatic carbocycles. The quantitative estimate of drug-likeness (QED) is 0.672. The Kier molecular flexibility index (Phi) is 5.18. The minimum absolute atomic E-state index is 0.0438. The molecule has 2 rings (SSSR count). The third-order valence-corrected chi connectivity index (χ3v) is 3.31. The van der Waals surface area contributed by atoms with Crippen LogP contribution in [0.3, 0.4) is 0 Å². The van der Waals surface area contributed by atoms with Crippen molar-refractivity contribution in [1.29, 1.82) is 5.26 Å². The van der Waals surface area contributed by atoms with Gasteiger partial charge in [0.1, 0.15) is 17.4 Å². The number of amides is 1. The number of aromatic hydroxyl groups is 1. The molecule has 1 amide bonds. The molecule has 0 radical (unpaired) electrons. The van der Waals surface area contributed by atoms with Crippen LogP contribution in [0.15, 0.2) is 54.1 Å². The molecule has 0 unspecified atom stereocenters. The Morgan fingerprint density at radius 3 is 2.73 bits per heavy atom. The lowest BCUT2D eigenvalue weighted by Gasteiger charge is -2.06. The second-order valence-electron chi connectivity index (χ2n) is 4.54. The van der Waals surface area contributed by atoms with E-state index >= 15 is 0 Å². The van der Waals surface area contributed by atoms with E-state index < -0.39 is 5.91 Å². The number of nitrogens with one attached hydrogen (secondary N) is 1. The minimum atomic E-state index is -0.495. The fourth-order valence-electron chi connectivity index (χ4n) is 1.84. The van der Waals surface area contributed by atoms with Crippen LogP contribution in [0.4, 0.5) is 0 Å². The van der Waals surface area contributed by atoms with E-state index in [1.165, 1.54) is 18.2 Å². The number of rotatable bonds is 4. The summed E-state index contributed by atoms with van der Waals surface area (Å²) in [5, 5.41) is 21.7. The number of phenols is 1. The summed E-state index contributed by atoms with van der Waals surface area (Å²) >= 11 is 6.01. The van der Waals surface area contributed by atoms with Gasteiger partial charge in [0.05, 0.1) is 0 Å². The van der Waals surface area contributed by atoms with Crippen molar-refractivity contribution in [3.8, 4) is 11.8 Å². The Balaban J connectivity index is 2.10. The van der Waals surface area contributed by atoms with Crippen LogP contribution in [-0.2, 0) is 11.3 Å². The number of hydrogen-bond acceptors (Lipinski definition) is 3. The van der Waals surface area contributed by atoms with E-state index in [4.69, 9.17) is 16.9 Å². The van der Waals surface area contributed by atoms with Gasteiger partial charge < -0.3 is 10.4 Å². The highest BCUT2D eigenvalue weighted by Gasteiger charge is 2.09. The lowest BCUT2D eigenvalue weighted by atomic mass is 10.1. The number of halogens is 1. The van der Waals surface area contributed by atoms with Gasteiger partial charge in [-0.3, -0.25) is 4.79 Å². The second-order valence-corrected chi connectivity index (χ2v) is 4.95. The topological polar surface area (TPSA) is 73.1 Å². The van der Waals surface area contributed by atoms with Gasteiger partial charge in [0.25, 0.3) is 5.91 Å². The van der Waals surface area contributed by atoms with E-state index in [0.717, 1.165) is 5.56 Å². The van der Waals surface area contributed by atoms with Crippen LogP contribution < -0.4 is 5.32 Å². The molecule has 0 fully saturated rings. The molecule has 0 saturated heterocycles. The summed E-state index contributed by atoms with van der Waals surface area (Å²) in [5.74, 6) is -0.423. The number of carbonyl (C=O) groups excluding carboxylic acids is 1. The molecular formula is C17H13ClN2O2. The molecule has 4 nitrogen and oxygen atoms in total. The number of carbonyl (C=O) groups is 1. The Labute approximate surface area is 133 Å². The monoisotopic (exact) mass is 312 g/mol. The van der Waals surface area contributed by atoms with Crippen LogP contribution >= 0.6 is 11.6 Å². The maximum absolute atomic E-state index is 12.0. The van der Waals surface area contributed by atoms with Gasteiger partial charge in [-0.1, -0.05) is 41.9 Å². The predicted molar refractivity (Wildman–Crippen MR) is 85.0 cm³/mol. The summed E-state index contributed by atoms with van der Waals surface area (Å²) in [6, 6.07) is 15.3. The smallest absolute Gasteiger partial charge is 0.262 e. The van der Waals surface area contributed by atoms with Crippen molar-refractivity contribution in [1.82, 2.24) is 5.32 Å². The molecule has 5 heteroatoms. The minimum Gasteiger partial charge on any atom is -0.508 e. The van der Waals surface area contributed by atoms with E-state index in [-0.39, 0.29) is 17.9 Å². The number of phenolic OH excluding ortho intramolecular Hbond substituents is 1. The Bertz CT molecular complexity index is 763. The van der Waals surface area contributed by atoms with Gasteiger partial charge in [-0.2, -0.15) is 5.26 Å². The molecule has 0 heterocycles. The normalized spacial score (nSPS) is 10.8. The number of hydrogen-bond donors (Lipinski definition) is 2. The van der Waals surface area contributed by atoms with Gasteiger partial charge in [-0.15, -0.1) is 0 Å². The van der Waals surface area contributed by atoms with Gasteiger partial charge in [0, 0.05) is 11.6 Å². The molecule has 0 aromatic heterocycles. The zero-order valence-corrected chi connectivity index (χ0v) is 12.3. The van der Waals surface area contributed by atoms with E-state index in [1.807, 2.05) is 12.1 Å². The van der Waals surface area contributed by atoms with Crippen LogP contribution in [-0.4, -0.2) is 11.0 Å². The first kappa shape index (κ1) is 15.6. The molecular weight excluding hydrogens is 300 g/mol. The van der Waals surface area contributed by atoms with Crippen molar-refractivity contribution in [2.75, 3.05) is 0 Å². The summed E-state index contributed by atoms with van der Waals surface area (Å²) in [6.45, 7) is 0.234. The molecule has 2 N–H and O–H groups in total. The van der Waals surface area contributed by atoms with Crippen LogP contribution in [0.1, 0.15) is 11.1 Å². The van der Waals surface area contributed by atoms with Crippen LogP contribution in [0.25, 0.3) is 6.08 Å². The molecule has 0 saturated carbocycles. The first-order valence-electron chi connectivity index (χ1n) is 6.52. The highest BCUT2D eigenvalue weighted by Crippen LogP contribution is 2.16. The van der Waals surface area contributed by atoms with Crippen LogP contribution in [0.5, 0.6) is 5.75 Å². The van der Waals surface area contributed by atoms with Crippen molar-refractivity contribution >= 4 is 23.6 Å². The Hall–Kier alpha value is -2.77. The lowest BCUT2D eigenvalue weighted by molar-refractivity contribution is -0.117.